The Morgan fingerprint density at radius 3 is 2.45 bits per heavy atom. The highest BCUT2D eigenvalue weighted by Gasteiger charge is 2.27. The Kier molecular flexibility index (Phi) is 5.77. The summed E-state index contributed by atoms with van der Waals surface area (Å²) in [6.07, 6.45) is 1.60. The van der Waals surface area contributed by atoms with E-state index in [1.807, 2.05) is 13.0 Å². The van der Waals surface area contributed by atoms with Gasteiger partial charge in [0.1, 0.15) is 0 Å². The first-order chi connectivity index (χ1) is 10.5. The quantitative estimate of drug-likeness (QED) is 0.684. The summed E-state index contributed by atoms with van der Waals surface area (Å²) in [7, 11) is 0. The first kappa shape index (κ1) is 16.7. The molecule has 22 heavy (non-hydrogen) atoms. The molecule has 2 rings (SSSR count). The minimum absolute atomic E-state index is 0.0131. The number of nitrogens with zero attached hydrogens (tertiary/aromatic N) is 1. The van der Waals surface area contributed by atoms with Crippen molar-refractivity contribution in [3.8, 4) is 0 Å². The van der Waals surface area contributed by atoms with E-state index in [1.165, 1.54) is 11.1 Å². The predicted octanol–water partition coefficient (Wildman–Crippen LogP) is 3.28. The molecule has 1 aromatic carbocycles. The monoisotopic (exact) mass is 320 g/mol. The van der Waals surface area contributed by atoms with Gasteiger partial charge >= 0.3 is 5.97 Å². The summed E-state index contributed by atoms with van der Waals surface area (Å²) in [4.78, 5) is 13.9. The average Bonchev–Trinajstić information content (AvgIpc) is 2.51. The Labute approximate surface area is 137 Å². The molecule has 0 spiro atoms. The molecule has 1 saturated heterocycles. The number of piperidine rings is 1. The smallest absolute Gasteiger partial charge is 0.309 e. The van der Waals surface area contributed by atoms with Crippen LogP contribution in [0.1, 0.15) is 30.9 Å². The number of nitrogens with one attached hydrogen (secondary N) is 1. The molecule has 5 heteroatoms. The molecule has 0 saturated carbocycles. The lowest BCUT2D eigenvalue weighted by molar-refractivity contribution is -0.149. The average molecular weight is 320 g/mol. The first-order valence-electron chi connectivity index (χ1n) is 7.81. The summed E-state index contributed by atoms with van der Waals surface area (Å²) in [5, 5.41) is 4.09. The molecule has 0 bridgehead atoms. The molecule has 0 radical (unpaired) electrons. The van der Waals surface area contributed by atoms with Crippen molar-refractivity contribution in [2.45, 2.75) is 33.6 Å². The lowest BCUT2D eigenvalue weighted by Gasteiger charge is -2.33. The summed E-state index contributed by atoms with van der Waals surface area (Å²) in [5.41, 5.74) is 3.45. The van der Waals surface area contributed by atoms with Gasteiger partial charge in [-0.05, 0) is 57.0 Å². The summed E-state index contributed by atoms with van der Waals surface area (Å²) in [6, 6.07) is 6.19. The lowest BCUT2D eigenvalue weighted by atomic mass is 9.97. The number of carbonyl (C=O) groups excluding carboxylic acids is 1. The van der Waals surface area contributed by atoms with Gasteiger partial charge in [-0.1, -0.05) is 18.2 Å². The Hall–Kier alpha value is -1.62. The number of esters is 1. The summed E-state index contributed by atoms with van der Waals surface area (Å²) >= 11 is 5.53. The second-order valence-corrected chi connectivity index (χ2v) is 6.10. The zero-order valence-electron chi connectivity index (χ0n) is 13.5. The molecule has 0 aliphatic carbocycles. The number of aryl methyl sites for hydroxylation is 2. The normalized spacial score (nSPS) is 15.5. The van der Waals surface area contributed by atoms with Crippen LogP contribution >= 0.6 is 12.2 Å². The molecule has 1 N–H and O–H groups in total. The van der Waals surface area contributed by atoms with E-state index in [-0.39, 0.29) is 11.9 Å². The molecule has 0 unspecified atom stereocenters. The van der Waals surface area contributed by atoms with Gasteiger partial charge < -0.3 is 15.0 Å². The Morgan fingerprint density at radius 2 is 1.91 bits per heavy atom. The van der Waals surface area contributed by atoms with Crippen molar-refractivity contribution in [3.05, 3.63) is 29.3 Å². The number of anilines is 1. The van der Waals surface area contributed by atoms with Gasteiger partial charge in [-0.25, -0.2) is 0 Å². The maximum atomic E-state index is 11.8. The summed E-state index contributed by atoms with van der Waals surface area (Å²) in [6.45, 7) is 8.03. The highest BCUT2D eigenvalue weighted by atomic mass is 32.1. The maximum Gasteiger partial charge on any atom is 0.309 e. The third-order valence-corrected chi connectivity index (χ3v) is 4.48. The van der Waals surface area contributed by atoms with Crippen molar-refractivity contribution >= 4 is 29.0 Å². The number of para-hydroxylation sites is 1. The van der Waals surface area contributed by atoms with Crippen LogP contribution in [0.2, 0.25) is 0 Å². The van der Waals surface area contributed by atoms with Gasteiger partial charge in [0.2, 0.25) is 0 Å². The molecule has 1 aliphatic rings. The van der Waals surface area contributed by atoms with Crippen LogP contribution in [0.15, 0.2) is 18.2 Å². The van der Waals surface area contributed by atoms with Crippen LogP contribution < -0.4 is 5.32 Å². The van der Waals surface area contributed by atoms with Gasteiger partial charge in [0.05, 0.1) is 12.5 Å². The van der Waals surface area contributed by atoms with Crippen molar-refractivity contribution < 1.29 is 9.53 Å². The predicted molar refractivity (Wildman–Crippen MR) is 93.1 cm³/mol. The van der Waals surface area contributed by atoms with Crippen molar-refractivity contribution in [2.24, 2.45) is 5.92 Å². The number of likely N-dealkylation sites (tertiary alicyclic amines) is 1. The van der Waals surface area contributed by atoms with E-state index in [0.29, 0.717) is 6.61 Å². The number of rotatable bonds is 3. The molecule has 120 valence electrons. The fourth-order valence-corrected chi connectivity index (χ4v) is 3.06. The number of thiocarbonyl (C=S) groups is 1. The topological polar surface area (TPSA) is 41.6 Å². The Bertz CT molecular complexity index is 531. The van der Waals surface area contributed by atoms with Crippen LogP contribution in [0.4, 0.5) is 5.69 Å². The SMILES string of the molecule is CCOC(=O)C1CCN(C(=S)Nc2c(C)cccc2C)CC1. The van der Waals surface area contributed by atoms with Crippen LogP contribution in [0.25, 0.3) is 0 Å². The Balaban J connectivity index is 1.92. The van der Waals surface area contributed by atoms with Crippen LogP contribution in [-0.2, 0) is 9.53 Å². The minimum Gasteiger partial charge on any atom is -0.466 e. The fourth-order valence-electron chi connectivity index (χ4n) is 2.78. The van der Waals surface area contributed by atoms with Crippen molar-refractivity contribution in [2.75, 3.05) is 25.0 Å². The molecule has 0 atom stereocenters. The second-order valence-electron chi connectivity index (χ2n) is 5.71. The number of benzene rings is 1. The second kappa shape index (κ2) is 7.58. The Morgan fingerprint density at radius 1 is 1.32 bits per heavy atom. The molecule has 1 aromatic rings. The van der Waals surface area contributed by atoms with Gasteiger partial charge in [0.15, 0.2) is 5.11 Å². The van der Waals surface area contributed by atoms with Crippen molar-refractivity contribution in [1.82, 2.24) is 4.90 Å². The van der Waals surface area contributed by atoms with Gasteiger partial charge in [-0.2, -0.15) is 0 Å². The van der Waals surface area contributed by atoms with E-state index in [1.54, 1.807) is 0 Å². The zero-order chi connectivity index (χ0) is 16.1. The van der Waals surface area contributed by atoms with Crippen LogP contribution in [0.3, 0.4) is 0 Å². The summed E-state index contributed by atoms with van der Waals surface area (Å²) in [5.74, 6) is -0.0602. The van der Waals surface area contributed by atoms with Gasteiger partial charge in [-0.3, -0.25) is 4.79 Å². The largest absolute Gasteiger partial charge is 0.466 e. The molecule has 1 aliphatic heterocycles. The van der Waals surface area contributed by atoms with Crippen molar-refractivity contribution in [1.29, 1.82) is 0 Å². The van der Waals surface area contributed by atoms with E-state index >= 15 is 0 Å². The summed E-state index contributed by atoms with van der Waals surface area (Å²) < 4.78 is 5.10. The number of hydrogen-bond acceptors (Lipinski definition) is 3. The van der Waals surface area contributed by atoms with Gasteiger partial charge in [-0.15, -0.1) is 0 Å². The van der Waals surface area contributed by atoms with E-state index in [2.05, 4.69) is 36.2 Å². The molecular weight excluding hydrogens is 296 g/mol. The maximum absolute atomic E-state index is 11.8. The fraction of sp³-hybridized carbons (Fsp3) is 0.529. The number of carbonyl (C=O) groups is 1. The van der Waals surface area contributed by atoms with Crippen LogP contribution in [-0.4, -0.2) is 35.7 Å². The highest BCUT2D eigenvalue weighted by Crippen LogP contribution is 2.22. The number of ether oxygens (including phenoxy) is 1. The van der Waals surface area contributed by atoms with Gasteiger partial charge in [0.25, 0.3) is 0 Å². The first-order valence-corrected chi connectivity index (χ1v) is 8.22. The lowest BCUT2D eigenvalue weighted by Crippen LogP contribution is -2.42. The zero-order valence-corrected chi connectivity index (χ0v) is 14.3. The molecule has 1 fully saturated rings. The molecule has 0 aromatic heterocycles. The van der Waals surface area contributed by atoms with Crippen molar-refractivity contribution in [3.63, 3.8) is 0 Å². The van der Waals surface area contributed by atoms with Gasteiger partial charge in [0, 0.05) is 18.8 Å². The third-order valence-electron chi connectivity index (χ3n) is 4.12. The highest BCUT2D eigenvalue weighted by molar-refractivity contribution is 7.80. The molecular formula is C17H24N2O2S. The molecule has 4 nitrogen and oxygen atoms in total. The third kappa shape index (κ3) is 3.97. The number of hydrogen-bond donors (Lipinski definition) is 1. The van der Waals surface area contributed by atoms with E-state index in [4.69, 9.17) is 17.0 Å². The molecule has 1 heterocycles. The van der Waals surface area contributed by atoms with E-state index < -0.39 is 0 Å². The van der Waals surface area contributed by atoms with Crippen LogP contribution in [0, 0.1) is 19.8 Å². The van der Waals surface area contributed by atoms with Crippen LogP contribution in [0.5, 0.6) is 0 Å². The van der Waals surface area contributed by atoms with E-state index in [0.717, 1.165) is 36.7 Å². The standard InChI is InChI=1S/C17H24N2O2S/c1-4-21-16(20)14-8-10-19(11-9-14)17(22)18-15-12(2)6-5-7-13(15)3/h5-7,14H,4,8-11H2,1-3H3,(H,18,22). The minimum atomic E-state index is -0.0734. The molecule has 0 amide bonds. The van der Waals surface area contributed by atoms with E-state index in [9.17, 15) is 4.79 Å².